The number of fused-ring (bicyclic) bond motifs is 1. The predicted octanol–water partition coefficient (Wildman–Crippen LogP) is 1.39. The maximum Gasteiger partial charge on any atom is 0.307 e. The van der Waals surface area contributed by atoms with E-state index in [0.29, 0.717) is 36.5 Å². The van der Waals surface area contributed by atoms with Gasteiger partial charge in [0.25, 0.3) is 5.91 Å². The first-order valence-corrected chi connectivity index (χ1v) is 8.03. The molecule has 1 aromatic rings. The quantitative estimate of drug-likeness (QED) is 0.809. The highest BCUT2D eigenvalue weighted by atomic mass is 16.5. The molecule has 1 amide bonds. The van der Waals surface area contributed by atoms with Crippen LogP contribution in [0.1, 0.15) is 30.1 Å². The smallest absolute Gasteiger partial charge is 0.307 e. The Morgan fingerprint density at radius 1 is 1.42 bits per heavy atom. The van der Waals surface area contributed by atoms with Gasteiger partial charge in [0.05, 0.1) is 17.6 Å². The Morgan fingerprint density at radius 2 is 2.21 bits per heavy atom. The van der Waals surface area contributed by atoms with Crippen LogP contribution in [0.3, 0.4) is 0 Å². The van der Waals surface area contributed by atoms with E-state index in [4.69, 9.17) is 4.74 Å². The third-order valence-corrected chi connectivity index (χ3v) is 4.63. The number of amides is 1. The lowest BCUT2D eigenvalue weighted by Gasteiger charge is -2.34. The number of aliphatic carboxylic acids is 1. The zero-order chi connectivity index (χ0) is 17.3. The van der Waals surface area contributed by atoms with Crippen molar-refractivity contribution in [2.75, 3.05) is 25.0 Å². The van der Waals surface area contributed by atoms with E-state index in [0.717, 1.165) is 6.42 Å². The van der Waals surface area contributed by atoms with Crippen LogP contribution in [0, 0.1) is 5.92 Å². The lowest BCUT2D eigenvalue weighted by atomic mass is 9.95. The van der Waals surface area contributed by atoms with E-state index in [-0.39, 0.29) is 18.3 Å². The number of nitrogens with zero attached hydrogens (tertiary/aromatic N) is 1. The van der Waals surface area contributed by atoms with Crippen molar-refractivity contribution in [3.8, 4) is 5.75 Å². The van der Waals surface area contributed by atoms with Gasteiger partial charge in [0.15, 0.2) is 12.4 Å². The van der Waals surface area contributed by atoms with Gasteiger partial charge in [-0.05, 0) is 44.5 Å². The van der Waals surface area contributed by atoms with Gasteiger partial charge in [-0.3, -0.25) is 19.3 Å². The topological polar surface area (TPSA) is 95.9 Å². The van der Waals surface area contributed by atoms with E-state index in [1.54, 1.807) is 25.1 Å². The summed E-state index contributed by atoms with van der Waals surface area (Å²) in [6.07, 6.45) is 1.41. The molecule has 0 aromatic heterocycles. The number of likely N-dealkylation sites (tertiary alicyclic amines) is 1. The molecule has 0 bridgehead atoms. The normalized spacial score (nSPS) is 22.0. The van der Waals surface area contributed by atoms with Crippen LogP contribution < -0.4 is 10.1 Å². The summed E-state index contributed by atoms with van der Waals surface area (Å²) in [6.45, 7) is 2.86. The first kappa shape index (κ1) is 16.4. The number of ketones is 1. The average Bonchev–Trinajstić information content (AvgIpc) is 2.59. The molecule has 2 aliphatic heterocycles. The van der Waals surface area contributed by atoms with Gasteiger partial charge in [-0.2, -0.15) is 0 Å². The molecule has 2 heterocycles. The van der Waals surface area contributed by atoms with Crippen molar-refractivity contribution >= 4 is 23.3 Å². The molecule has 1 aromatic carbocycles. The molecule has 0 aliphatic carbocycles. The molecule has 0 radical (unpaired) electrons. The lowest BCUT2D eigenvalue weighted by Crippen LogP contribution is -2.46. The molecule has 24 heavy (non-hydrogen) atoms. The number of benzene rings is 1. The highest BCUT2D eigenvalue weighted by Gasteiger charge is 2.31. The van der Waals surface area contributed by atoms with Gasteiger partial charge in [0.2, 0.25) is 0 Å². The number of anilines is 1. The predicted molar refractivity (Wildman–Crippen MR) is 86.3 cm³/mol. The number of carboxylic acid groups (broad SMARTS) is 1. The van der Waals surface area contributed by atoms with Crippen molar-refractivity contribution in [1.29, 1.82) is 0 Å². The highest BCUT2D eigenvalue weighted by molar-refractivity contribution is 6.03. The molecule has 0 spiro atoms. The van der Waals surface area contributed by atoms with E-state index < -0.39 is 17.9 Å². The monoisotopic (exact) mass is 332 g/mol. The van der Waals surface area contributed by atoms with Gasteiger partial charge >= 0.3 is 5.97 Å². The van der Waals surface area contributed by atoms with Gasteiger partial charge < -0.3 is 15.2 Å². The molecule has 128 valence electrons. The van der Waals surface area contributed by atoms with Crippen molar-refractivity contribution in [1.82, 2.24) is 4.90 Å². The second-order valence-electron chi connectivity index (χ2n) is 6.26. The fourth-order valence-corrected chi connectivity index (χ4v) is 3.20. The summed E-state index contributed by atoms with van der Waals surface area (Å²) < 4.78 is 5.29. The summed E-state index contributed by atoms with van der Waals surface area (Å²) in [4.78, 5) is 37.3. The second-order valence-corrected chi connectivity index (χ2v) is 6.26. The standard InChI is InChI=1S/C17H20N2O5/c1-10(19-6-2-3-12(8-19)17(22)23)16(21)11-4-5-14-13(7-11)18-15(20)9-24-14/h4-5,7,10,12H,2-3,6,8-9H2,1H3,(H,18,20)(H,22,23). The summed E-state index contributed by atoms with van der Waals surface area (Å²) in [5, 5.41) is 11.9. The number of ether oxygens (including phenoxy) is 1. The van der Waals surface area contributed by atoms with E-state index >= 15 is 0 Å². The molecule has 0 saturated carbocycles. The van der Waals surface area contributed by atoms with Crippen LogP contribution in [-0.4, -0.2) is 53.4 Å². The fourth-order valence-electron chi connectivity index (χ4n) is 3.20. The molecule has 1 fully saturated rings. The van der Waals surface area contributed by atoms with Gasteiger partial charge in [-0.25, -0.2) is 0 Å². The van der Waals surface area contributed by atoms with Gasteiger partial charge in [0.1, 0.15) is 5.75 Å². The molecular formula is C17H20N2O5. The summed E-state index contributed by atoms with van der Waals surface area (Å²) in [7, 11) is 0. The van der Waals surface area contributed by atoms with Gasteiger partial charge in [0, 0.05) is 12.1 Å². The largest absolute Gasteiger partial charge is 0.482 e. The van der Waals surface area contributed by atoms with E-state index in [1.807, 2.05) is 4.90 Å². The molecule has 2 atom stereocenters. The Labute approximate surface area is 139 Å². The molecule has 2 N–H and O–H groups in total. The second kappa shape index (κ2) is 6.60. The number of Topliss-reactive ketones (excluding diaryl/α,β-unsaturated/α-hetero) is 1. The number of hydrogen-bond acceptors (Lipinski definition) is 5. The van der Waals surface area contributed by atoms with Crippen LogP contribution in [0.15, 0.2) is 18.2 Å². The molecule has 2 aliphatic rings. The van der Waals surface area contributed by atoms with Crippen LogP contribution in [0.4, 0.5) is 5.69 Å². The Hall–Kier alpha value is -2.41. The van der Waals surface area contributed by atoms with Crippen LogP contribution in [-0.2, 0) is 9.59 Å². The average molecular weight is 332 g/mol. The zero-order valence-electron chi connectivity index (χ0n) is 13.4. The van der Waals surface area contributed by atoms with Crippen LogP contribution in [0.25, 0.3) is 0 Å². The van der Waals surface area contributed by atoms with E-state index in [9.17, 15) is 19.5 Å². The number of carbonyl (C=O) groups excluding carboxylic acids is 2. The van der Waals surface area contributed by atoms with Gasteiger partial charge in [-0.1, -0.05) is 0 Å². The molecular weight excluding hydrogens is 312 g/mol. The Balaban J connectivity index is 1.75. The summed E-state index contributed by atoms with van der Waals surface area (Å²) in [5.74, 6) is -1.04. The van der Waals surface area contributed by atoms with Crippen LogP contribution in [0.5, 0.6) is 5.75 Å². The summed E-state index contributed by atoms with van der Waals surface area (Å²) in [6, 6.07) is 4.55. The number of rotatable bonds is 4. The first-order valence-electron chi connectivity index (χ1n) is 8.03. The number of piperidine rings is 1. The van der Waals surface area contributed by atoms with Crippen molar-refractivity contribution < 1.29 is 24.2 Å². The maximum absolute atomic E-state index is 12.7. The third kappa shape index (κ3) is 3.26. The Kier molecular flexibility index (Phi) is 4.53. The van der Waals surface area contributed by atoms with E-state index in [1.165, 1.54) is 0 Å². The van der Waals surface area contributed by atoms with Crippen molar-refractivity contribution in [2.24, 2.45) is 5.92 Å². The molecule has 2 unspecified atom stereocenters. The Morgan fingerprint density at radius 3 is 2.96 bits per heavy atom. The molecule has 7 nitrogen and oxygen atoms in total. The molecule has 1 saturated heterocycles. The van der Waals surface area contributed by atoms with E-state index in [2.05, 4.69) is 5.32 Å². The number of nitrogens with one attached hydrogen (secondary N) is 1. The van der Waals surface area contributed by atoms with Crippen LogP contribution >= 0.6 is 0 Å². The molecule has 7 heteroatoms. The summed E-state index contributed by atoms with van der Waals surface area (Å²) in [5.41, 5.74) is 0.968. The minimum atomic E-state index is -0.812. The Bertz CT molecular complexity index is 688. The maximum atomic E-state index is 12.7. The molecule has 3 rings (SSSR count). The first-order chi connectivity index (χ1) is 11.5. The van der Waals surface area contributed by atoms with Crippen molar-refractivity contribution in [2.45, 2.75) is 25.8 Å². The SMILES string of the molecule is CC(C(=O)c1ccc2c(c1)NC(=O)CO2)N1CCCC(C(=O)O)C1. The van der Waals surface area contributed by atoms with Crippen molar-refractivity contribution in [3.05, 3.63) is 23.8 Å². The van der Waals surface area contributed by atoms with Crippen molar-refractivity contribution in [3.63, 3.8) is 0 Å². The highest BCUT2D eigenvalue weighted by Crippen LogP contribution is 2.29. The minimum Gasteiger partial charge on any atom is -0.482 e. The minimum absolute atomic E-state index is 0.0267. The summed E-state index contributed by atoms with van der Waals surface area (Å²) >= 11 is 0. The number of carboxylic acids is 1. The van der Waals surface area contributed by atoms with Crippen LogP contribution in [0.2, 0.25) is 0 Å². The number of hydrogen-bond donors (Lipinski definition) is 2. The third-order valence-electron chi connectivity index (χ3n) is 4.63. The van der Waals surface area contributed by atoms with Gasteiger partial charge in [-0.15, -0.1) is 0 Å². The number of carbonyl (C=O) groups is 3. The fraction of sp³-hybridized carbons (Fsp3) is 0.471. The lowest BCUT2D eigenvalue weighted by molar-refractivity contribution is -0.143. The zero-order valence-corrected chi connectivity index (χ0v) is 13.4.